The van der Waals surface area contributed by atoms with E-state index in [0.29, 0.717) is 19.5 Å². The molecule has 1 unspecified atom stereocenters. The highest BCUT2D eigenvalue weighted by atomic mass is 16.3. The first-order valence-electron chi connectivity index (χ1n) is 11.3. The van der Waals surface area contributed by atoms with E-state index in [4.69, 9.17) is 4.42 Å². The molecule has 0 saturated carbocycles. The van der Waals surface area contributed by atoms with E-state index < -0.39 is 0 Å². The molecule has 1 aromatic heterocycles. The maximum absolute atomic E-state index is 13.4. The zero-order valence-electron chi connectivity index (χ0n) is 20.0. The number of nitrogens with zero attached hydrogens (tertiary/aromatic N) is 2. The quantitative estimate of drug-likeness (QED) is 0.523. The number of carbonyl (C=O) groups is 2. The van der Waals surface area contributed by atoms with Crippen LogP contribution in [0.15, 0.2) is 46.9 Å². The summed E-state index contributed by atoms with van der Waals surface area (Å²) < 4.78 is 5.73. The van der Waals surface area contributed by atoms with Gasteiger partial charge in [0.25, 0.3) is 0 Å². The van der Waals surface area contributed by atoms with Crippen molar-refractivity contribution in [3.63, 3.8) is 0 Å². The smallest absolute Gasteiger partial charge is 0.242 e. The Kier molecular flexibility index (Phi) is 8.90. The molecule has 0 fully saturated rings. The minimum Gasteiger partial charge on any atom is -0.464 e. The van der Waals surface area contributed by atoms with Crippen molar-refractivity contribution in [1.82, 2.24) is 9.80 Å². The van der Waals surface area contributed by atoms with Crippen LogP contribution >= 0.6 is 0 Å². The molecule has 2 aromatic rings. The lowest BCUT2D eigenvalue weighted by Crippen LogP contribution is -2.47. The van der Waals surface area contributed by atoms with Gasteiger partial charge in [-0.1, -0.05) is 58.0 Å². The summed E-state index contributed by atoms with van der Waals surface area (Å²) in [6.45, 7) is 13.2. The van der Waals surface area contributed by atoms with E-state index in [2.05, 4.69) is 12.1 Å². The van der Waals surface area contributed by atoms with Crippen molar-refractivity contribution in [3.8, 4) is 0 Å². The monoisotopic (exact) mass is 426 g/mol. The largest absolute Gasteiger partial charge is 0.464 e. The molecule has 5 heteroatoms. The molecule has 31 heavy (non-hydrogen) atoms. The molecule has 1 atom stereocenters. The summed E-state index contributed by atoms with van der Waals surface area (Å²) in [7, 11) is 0. The SMILES string of the molecule is CCC(C)N(CC(=O)N(CCc1ccccc1)Cc1ccc(C)o1)C(=O)CC(C)(C)C. The van der Waals surface area contributed by atoms with Crippen molar-refractivity contribution in [1.29, 1.82) is 0 Å². The van der Waals surface area contributed by atoms with Gasteiger partial charge in [0.1, 0.15) is 18.1 Å². The number of furan rings is 1. The van der Waals surface area contributed by atoms with E-state index in [-0.39, 0.29) is 29.8 Å². The summed E-state index contributed by atoms with van der Waals surface area (Å²) in [5, 5.41) is 0. The maximum atomic E-state index is 13.4. The Hall–Kier alpha value is -2.56. The molecule has 0 saturated heterocycles. The molecule has 5 nitrogen and oxygen atoms in total. The van der Waals surface area contributed by atoms with Crippen LogP contribution in [0.1, 0.15) is 64.5 Å². The van der Waals surface area contributed by atoms with Crippen LogP contribution in [0.5, 0.6) is 0 Å². The van der Waals surface area contributed by atoms with E-state index in [1.807, 2.05) is 76.8 Å². The third kappa shape index (κ3) is 8.23. The molecule has 0 N–H and O–H groups in total. The van der Waals surface area contributed by atoms with Crippen LogP contribution in [-0.4, -0.2) is 40.7 Å². The summed E-state index contributed by atoms with van der Waals surface area (Å²) in [6.07, 6.45) is 1.99. The Labute approximate surface area is 187 Å². The summed E-state index contributed by atoms with van der Waals surface area (Å²) >= 11 is 0. The average Bonchev–Trinajstić information content (AvgIpc) is 3.12. The van der Waals surface area contributed by atoms with Crippen LogP contribution in [0.4, 0.5) is 0 Å². The van der Waals surface area contributed by atoms with Crippen molar-refractivity contribution >= 4 is 11.8 Å². The topological polar surface area (TPSA) is 53.8 Å². The van der Waals surface area contributed by atoms with E-state index in [1.54, 1.807) is 4.90 Å². The van der Waals surface area contributed by atoms with E-state index in [1.165, 1.54) is 5.56 Å². The van der Waals surface area contributed by atoms with Gasteiger partial charge in [-0.15, -0.1) is 0 Å². The van der Waals surface area contributed by atoms with Gasteiger partial charge < -0.3 is 14.2 Å². The average molecular weight is 427 g/mol. The zero-order chi connectivity index (χ0) is 23.0. The molecule has 2 rings (SSSR count). The third-order valence-electron chi connectivity index (χ3n) is 5.44. The summed E-state index contributed by atoms with van der Waals surface area (Å²) in [4.78, 5) is 29.9. The highest BCUT2D eigenvalue weighted by molar-refractivity contribution is 5.85. The zero-order valence-corrected chi connectivity index (χ0v) is 20.0. The number of rotatable bonds is 10. The van der Waals surface area contributed by atoms with Crippen LogP contribution in [0.2, 0.25) is 0 Å². The molecule has 170 valence electrons. The second-order valence-corrected chi connectivity index (χ2v) is 9.58. The maximum Gasteiger partial charge on any atom is 0.242 e. The minimum absolute atomic E-state index is 0.0145. The normalized spacial score (nSPS) is 12.5. The first kappa shape index (κ1) is 24.7. The van der Waals surface area contributed by atoms with Gasteiger partial charge in [0, 0.05) is 19.0 Å². The first-order chi connectivity index (χ1) is 14.6. The van der Waals surface area contributed by atoms with Gasteiger partial charge in [-0.2, -0.15) is 0 Å². The van der Waals surface area contributed by atoms with Crippen LogP contribution in [0.3, 0.4) is 0 Å². The van der Waals surface area contributed by atoms with E-state index in [0.717, 1.165) is 24.4 Å². The molecule has 1 aromatic carbocycles. The van der Waals surface area contributed by atoms with Crippen LogP contribution in [0, 0.1) is 12.3 Å². The van der Waals surface area contributed by atoms with E-state index in [9.17, 15) is 9.59 Å². The molecule has 0 bridgehead atoms. The predicted octanol–water partition coefficient (Wildman–Crippen LogP) is 5.22. The molecule has 0 aliphatic rings. The lowest BCUT2D eigenvalue weighted by Gasteiger charge is -2.33. The molecule has 1 heterocycles. The number of amides is 2. The van der Waals surface area contributed by atoms with Crippen LogP contribution in [-0.2, 0) is 22.6 Å². The lowest BCUT2D eigenvalue weighted by atomic mass is 9.91. The van der Waals surface area contributed by atoms with Gasteiger partial charge in [0.2, 0.25) is 11.8 Å². The van der Waals surface area contributed by atoms with Crippen molar-refractivity contribution in [3.05, 3.63) is 59.5 Å². The molecular weight excluding hydrogens is 388 g/mol. The van der Waals surface area contributed by atoms with Gasteiger partial charge >= 0.3 is 0 Å². The highest BCUT2D eigenvalue weighted by Crippen LogP contribution is 2.21. The molecule has 0 aliphatic carbocycles. The Morgan fingerprint density at radius 1 is 1.03 bits per heavy atom. The van der Waals surface area contributed by atoms with Crippen LogP contribution in [0.25, 0.3) is 0 Å². The minimum atomic E-state index is -0.121. The number of hydrogen-bond donors (Lipinski definition) is 0. The second-order valence-electron chi connectivity index (χ2n) is 9.58. The van der Waals surface area contributed by atoms with Crippen molar-refractivity contribution in [2.24, 2.45) is 5.41 Å². The standard InChI is InChI=1S/C26H38N2O3/c1-7-20(2)28(24(29)17-26(4,5)6)19-25(30)27(18-23-14-13-21(3)31-23)16-15-22-11-9-8-10-12-22/h8-14,20H,7,15-19H2,1-6H3. The number of benzene rings is 1. The highest BCUT2D eigenvalue weighted by Gasteiger charge is 2.28. The van der Waals surface area contributed by atoms with Gasteiger partial charge in [-0.05, 0) is 49.8 Å². The summed E-state index contributed by atoms with van der Waals surface area (Å²) in [5.74, 6) is 1.57. The summed E-state index contributed by atoms with van der Waals surface area (Å²) in [5.41, 5.74) is 1.06. The second kappa shape index (κ2) is 11.2. The van der Waals surface area contributed by atoms with Crippen LogP contribution < -0.4 is 0 Å². The Morgan fingerprint density at radius 2 is 1.71 bits per heavy atom. The van der Waals surface area contributed by atoms with Gasteiger partial charge in [0.15, 0.2) is 0 Å². The molecule has 2 amide bonds. The lowest BCUT2D eigenvalue weighted by molar-refractivity contribution is -0.144. The fraction of sp³-hybridized carbons (Fsp3) is 0.538. The Bertz CT molecular complexity index is 836. The molecule has 0 radical (unpaired) electrons. The Balaban J connectivity index is 2.16. The predicted molar refractivity (Wildman–Crippen MR) is 125 cm³/mol. The van der Waals surface area contributed by atoms with Crippen molar-refractivity contribution in [2.75, 3.05) is 13.1 Å². The van der Waals surface area contributed by atoms with Crippen molar-refractivity contribution < 1.29 is 14.0 Å². The summed E-state index contributed by atoms with van der Waals surface area (Å²) in [6, 6.07) is 14.0. The molecular formula is C26H38N2O3. The fourth-order valence-corrected chi connectivity index (χ4v) is 3.47. The number of carbonyl (C=O) groups excluding carboxylic acids is 2. The number of aryl methyl sites for hydroxylation is 1. The third-order valence-corrected chi connectivity index (χ3v) is 5.44. The first-order valence-corrected chi connectivity index (χ1v) is 11.3. The Morgan fingerprint density at radius 3 is 2.26 bits per heavy atom. The van der Waals surface area contributed by atoms with Gasteiger partial charge in [-0.3, -0.25) is 9.59 Å². The van der Waals surface area contributed by atoms with Gasteiger partial charge in [-0.25, -0.2) is 0 Å². The van der Waals surface area contributed by atoms with Crippen molar-refractivity contribution in [2.45, 2.75) is 73.4 Å². The fourth-order valence-electron chi connectivity index (χ4n) is 3.47. The number of hydrogen-bond acceptors (Lipinski definition) is 3. The van der Waals surface area contributed by atoms with Gasteiger partial charge in [0.05, 0.1) is 6.54 Å². The van der Waals surface area contributed by atoms with E-state index >= 15 is 0 Å². The molecule has 0 spiro atoms. The molecule has 0 aliphatic heterocycles.